The number of methoxy groups -OCH3 is 1. The van der Waals surface area contributed by atoms with E-state index in [0.29, 0.717) is 6.42 Å². The summed E-state index contributed by atoms with van der Waals surface area (Å²) in [6.45, 7) is 4.16. The molecule has 0 unspecified atom stereocenters. The van der Waals surface area contributed by atoms with Crippen LogP contribution in [0.2, 0.25) is 0 Å². The van der Waals surface area contributed by atoms with Crippen molar-refractivity contribution >= 4 is 5.97 Å². The Balaban J connectivity index is 1.98. The Hall–Kier alpha value is -0.610. The lowest BCUT2D eigenvalue weighted by atomic mass is 9.97. The minimum atomic E-state index is -0.133. The average Bonchev–Trinajstić information content (AvgIpc) is 2.26. The van der Waals surface area contributed by atoms with Gasteiger partial charge in [-0.05, 0) is 45.4 Å². The Labute approximate surface area is 92.0 Å². The van der Waals surface area contributed by atoms with E-state index in [9.17, 15) is 4.79 Å². The lowest BCUT2D eigenvalue weighted by Crippen LogP contribution is -2.35. The second kappa shape index (κ2) is 6.80. The smallest absolute Gasteiger partial charge is 0.306 e. The van der Waals surface area contributed by atoms with Crippen molar-refractivity contribution in [2.75, 3.05) is 40.3 Å². The highest BCUT2D eigenvalue weighted by Crippen LogP contribution is 2.14. The fourth-order valence-corrected chi connectivity index (χ4v) is 1.86. The second-order valence-corrected chi connectivity index (χ2v) is 4.28. The van der Waals surface area contributed by atoms with Crippen molar-refractivity contribution in [3.8, 4) is 0 Å². The summed E-state index contributed by atoms with van der Waals surface area (Å²) in [7, 11) is 3.60. The summed E-state index contributed by atoms with van der Waals surface area (Å²) in [5, 5.41) is 3.32. The number of hydrogen-bond donors (Lipinski definition) is 1. The van der Waals surface area contributed by atoms with E-state index in [0.717, 1.165) is 19.0 Å². The number of carbonyl (C=O) groups is 1. The van der Waals surface area contributed by atoms with Gasteiger partial charge in [0.1, 0.15) is 0 Å². The van der Waals surface area contributed by atoms with Crippen LogP contribution in [0, 0.1) is 5.92 Å². The van der Waals surface area contributed by atoms with Crippen LogP contribution in [-0.2, 0) is 9.53 Å². The zero-order chi connectivity index (χ0) is 11.1. The number of carbonyl (C=O) groups excluding carboxylic acids is 1. The van der Waals surface area contributed by atoms with Crippen LogP contribution >= 0.6 is 0 Å². The summed E-state index contributed by atoms with van der Waals surface area (Å²) < 4.78 is 4.57. The number of likely N-dealkylation sites (tertiary alicyclic amines) is 1. The predicted octanol–water partition coefficient (Wildman–Crippen LogP) is 0.481. The maximum atomic E-state index is 10.8. The van der Waals surface area contributed by atoms with Crippen molar-refractivity contribution < 1.29 is 9.53 Å². The zero-order valence-electron chi connectivity index (χ0n) is 9.79. The summed E-state index contributed by atoms with van der Waals surface area (Å²) in [6, 6.07) is 0. The van der Waals surface area contributed by atoms with Gasteiger partial charge in [0.15, 0.2) is 0 Å². The summed E-state index contributed by atoms with van der Waals surface area (Å²) in [5.74, 6) is 0.643. The Morgan fingerprint density at radius 2 is 2.13 bits per heavy atom. The molecule has 1 aliphatic rings. The summed E-state index contributed by atoms with van der Waals surface area (Å²) in [5.41, 5.74) is 0. The van der Waals surface area contributed by atoms with Crippen molar-refractivity contribution in [2.24, 2.45) is 5.92 Å². The van der Waals surface area contributed by atoms with E-state index in [2.05, 4.69) is 22.0 Å². The van der Waals surface area contributed by atoms with Gasteiger partial charge >= 0.3 is 5.97 Å². The lowest BCUT2D eigenvalue weighted by molar-refractivity contribution is -0.140. The third-order valence-electron chi connectivity index (χ3n) is 3.00. The molecule has 0 amide bonds. The summed E-state index contributed by atoms with van der Waals surface area (Å²) in [4.78, 5) is 13.2. The van der Waals surface area contributed by atoms with Gasteiger partial charge in [0.05, 0.1) is 13.5 Å². The molecule has 1 N–H and O–H groups in total. The van der Waals surface area contributed by atoms with Gasteiger partial charge in [-0.1, -0.05) is 0 Å². The zero-order valence-corrected chi connectivity index (χ0v) is 9.79. The first-order chi connectivity index (χ1) is 7.22. The molecule has 0 atom stereocenters. The van der Waals surface area contributed by atoms with Crippen LogP contribution in [0.1, 0.15) is 19.3 Å². The number of nitrogens with zero attached hydrogens (tertiary/aromatic N) is 1. The number of rotatable bonds is 5. The first kappa shape index (κ1) is 12.5. The van der Waals surface area contributed by atoms with E-state index >= 15 is 0 Å². The predicted molar refractivity (Wildman–Crippen MR) is 59.7 cm³/mol. The molecular formula is C11H22N2O2. The fourth-order valence-electron chi connectivity index (χ4n) is 1.86. The molecule has 0 aliphatic carbocycles. The van der Waals surface area contributed by atoms with Gasteiger partial charge in [0.2, 0.25) is 0 Å². The molecule has 1 fully saturated rings. The fraction of sp³-hybridized carbons (Fsp3) is 0.909. The van der Waals surface area contributed by atoms with Crippen LogP contribution in [0.3, 0.4) is 0 Å². The standard InChI is InChI=1S/C11H22N2O2/c1-13-7-4-10(5-8-13)9-12-6-3-11(14)15-2/h10,12H,3-9H2,1-2H3. The number of esters is 1. The molecule has 0 aromatic heterocycles. The van der Waals surface area contributed by atoms with Gasteiger partial charge in [-0.3, -0.25) is 4.79 Å². The number of nitrogens with one attached hydrogen (secondary N) is 1. The largest absolute Gasteiger partial charge is 0.469 e. The summed E-state index contributed by atoms with van der Waals surface area (Å²) in [6.07, 6.45) is 3.01. The second-order valence-electron chi connectivity index (χ2n) is 4.28. The number of hydrogen-bond acceptors (Lipinski definition) is 4. The molecule has 0 radical (unpaired) electrons. The molecule has 0 saturated carbocycles. The Kier molecular flexibility index (Phi) is 5.65. The maximum Gasteiger partial charge on any atom is 0.306 e. The first-order valence-corrected chi connectivity index (χ1v) is 5.68. The molecule has 1 rings (SSSR count). The van der Waals surface area contributed by atoms with Crippen molar-refractivity contribution in [3.05, 3.63) is 0 Å². The average molecular weight is 214 g/mol. The topological polar surface area (TPSA) is 41.6 Å². The Morgan fingerprint density at radius 3 is 2.73 bits per heavy atom. The van der Waals surface area contributed by atoms with Crippen LogP contribution in [-0.4, -0.2) is 51.2 Å². The highest BCUT2D eigenvalue weighted by atomic mass is 16.5. The molecule has 15 heavy (non-hydrogen) atoms. The molecule has 4 heteroatoms. The van der Waals surface area contributed by atoms with Gasteiger partial charge in [0, 0.05) is 6.54 Å². The van der Waals surface area contributed by atoms with Crippen LogP contribution in [0.15, 0.2) is 0 Å². The van der Waals surface area contributed by atoms with E-state index in [1.165, 1.54) is 33.0 Å². The van der Waals surface area contributed by atoms with Gasteiger partial charge in [-0.2, -0.15) is 0 Å². The molecule has 4 nitrogen and oxygen atoms in total. The molecule has 1 aliphatic heterocycles. The van der Waals surface area contributed by atoms with E-state index in [4.69, 9.17) is 0 Å². The monoisotopic (exact) mass is 214 g/mol. The number of ether oxygens (including phenoxy) is 1. The van der Waals surface area contributed by atoms with Crippen molar-refractivity contribution in [1.82, 2.24) is 10.2 Å². The van der Waals surface area contributed by atoms with Crippen LogP contribution < -0.4 is 5.32 Å². The minimum Gasteiger partial charge on any atom is -0.469 e. The molecule has 0 aromatic carbocycles. The van der Waals surface area contributed by atoms with Crippen LogP contribution in [0.25, 0.3) is 0 Å². The van der Waals surface area contributed by atoms with Gasteiger partial charge in [-0.25, -0.2) is 0 Å². The third kappa shape index (κ3) is 5.14. The van der Waals surface area contributed by atoms with Crippen molar-refractivity contribution in [3.63, 3.8) is 0 Å². The SMILES string of the molecule is COC(=O)CCNCC1CCN(C)CC1. The minimum absolute atomic E-state index is 0.133. The molecule has 0 spiro atoms. The van der Waals surface area contributed by atoms with Crippen LogP contribution in [0.5, 0.6) is 0 Å². The number of piperidine rings is 1. The quantitative estimate of drug-likeness (QED) is 0.534. The van der Waals surface area contributed by atoms with Gasteiger partial charge < -0.3 is 15.0 Å². The lowest BCUT2D eigenvalue weighted by Gasteiger charge is -2.28. The van der Waals surface area contributed by atoms with E-state index in [-0.39, 0.29) is 5.97 Å². The summed E-state index contributed by atoms with van der Waals surface area (Å²) >= 11 is 0. The van der Waals surface area contributed by atoms with E-state index in [1.54, 1.807) is 0 Å². The maximum absolute atomic E-state index is 10.8. The molecule has 1 saturated heterocycles. The molecular weight excluding hydrogens is 192 g/mol. The Morgan fingerprint density at radius 1 is 1.47 bits per heavy atom. The first-order valence-electron chi connectivity index (χ1n) is 5.68. The molecule has 0 aromatic rings. The molecule has 0 bridgehead atoms. The molecule has 1 heterocycles. The Bertz CT molecular complexity index is 189. The third-order valence-corrected chi connectivity index (χ3v) is 3.00. The van der Waals surface area contributed by atoms with Crippen molar-refractivity contribution in [1.29, 1.82) is 0 Å². The van der Waals surface area contributed by atoms with E-state index < -0.39 is 0 Å². The van der Waals surface area contributed by atoms with Crippen molar-refractivity contribution in [2.45, 2.75) is 19.3 Å². The van der Waals surface area contributed by atoms with Gasteiger partial charge in [0.25, 0.3) is 0 Å². The normalized spacial score (nSPS) is 19.1. The van der Waals surface area contributed by atoms with Crippen LogP contribution in [0.4, 0.5) is 0 Å². The highest BCUT2D eigenvalue weighted by Gasteiger charge is 2.15. The highest BCUT2D eigenvalue weighted by molar-refractivity contribution is 5.69. The van der Waals surface area contributed by atoms with E-state index in [1.807, 2.05) is 0 Å². The molecule has 88 valence electrons. The van der Waals surface area contributed by atoms with Gasteiger partial charge in [-0.15, -0.1) is 0 Å².